The molecule has 10 heteroatoms. The van der Waals surface area contributed by atoms with Crippen LogP contribution in [0.1, 0.15) is 97.3 Å². The van der Waals surface area contributed by atoms with Gasteiger partial charge < -0.3 is 24.9 Å². The van der Waals surface area contributed by atoms with Crippen molar-refractivity contribution in [1.29, 1.82) is 0 Å². The van der Waals surface area contributed by atoms with E-state index in [9.17, 15) is 24.5 Å². The van der Waals surface area contributed by atoms with E-state index in [1.165, 1.54) is 0 Å². The number of likely N-dealkylation sites (N-methyl/N-ethyl adjacent to an activating group) is 1. The Balaban J connectivity index is 4.88. The van der Waals surface area contributed by atoms with Gasteiger partial charge in [-0.15, -0.1) is 0 Å². The number of carbonyl (C=O) groups excluding carboxylic acids is 1. The summed E-state index contributed by atoms with van der Waals surface area (Å²) in [6.07, 6.45) is 36.9. The van der Waals surface area contributed by atoms with Crippen molar-refractivity contribution in [2.24, 2.45) is 0 Å². The fourth-order valence-corrected chi connectivity index (χ4v) is 5.10. The van der Waals surface area contributed by atoms with Gasteiger partial charge in [0, 0.05) is 6.42 Å². The van der Waals surface area contributed by atoms with Gasteiger partial charge in [0.05, 0.1) is 39.9 Å². The lowest BCUT2D eigenvalue weighted by atomic mass is 10.0. The molecule has 0 spiro atoms. The third kappa shape index (κ3) is 31.4. The van der Waals surface area contributed by atoms with Crippen LogP contribution in [0.15, 0.2) is 85.1 Å². The zero-order valence-corrected chi connectivity index (χ0v) is 31.9. The van der Waals surface area contributed by atoms with Crippen LogP contribution in [0.2, 0.25) is 0 Å². The van der Waals surface area contributed by atoms with Crippen LogP contribution in [0, 0.1) is 0 Å². The molecule has 0 bridgehead atoms. The summed E-state index contributed by atoms with van der Waals surface area (Å²) in [5.41, 5.74) is 0. The second kappa shape index (κ2) is 30.5. The average molecular weight is 708 g/mol. The van der Waals surface area contributed by atoms with Crippen molar-refractivity contribution in [1.82, 2.24) is 5.32 Å². The summed E-state index contributed by atoms with van der Waals surface area (Å²) in [7, 11) is 1.34. The summed E-state index contributed by atoms with van der Waals surface area (Å²) in [4.78, 5) is 22.9. The van der Waals surface area contributed by atoms with Gasteiger partial charge in [-0.3, -0.25) is 13.8 Å². The lowest BCUT2D eigenvalue weighted by Gasteiger charge is -2.28. The topological polar surface area (TPSA) is 125 Å². The van der Waals surface area contributed by atoms with Crippen LogP contribution in [-0.2, 0) is 18.4 Å². The molecule has 4 N–H and O–H groups in total. The van der Waals surface area contributed by atoms with Gasteiger partial charge in [0.25, 0.3) is 0 Å². The summed E-state index contributed by atoms with van der Waals surface area (Å²) in [6, 6.07) is -1.10. The van der Waals surface area contributed by atoms with Crippen LogP contribution in [0.4, 0.5) is 0 Å². The fraction of sp³-hybridized carbons (Fsp3) is 0.615. The Kier molecular flexibility index (Phi) is 29.0. The molecule has 0 aliphatic rings. The molecule has 49 heavy (non-hydrogen) atoms. The van der Waals surface area contributed by atoms with E-state index in [1.54, 1.807) is 0 Å². The van der Waals surface area contributed by atoms with E-state index < -0.39 is 32.7 Å². The molecule has 4 atom stereocenters. The minimum Gasteiger partial charge on any atom is -0.390 e. The molecule has 0 aromatic carbocycles. The number of amides is 1. The molecule has 0 saturated heterocycles. The molecule has 4 unspecified atom stereocenters. The number of hydrogen-bond acceptors (Lipinski definition) is 6. The molecule has 0 aliphatic carbocycles. The molecule has 0 rings (SSSR count). The van der Waals surface area contributed by atoms with Crippen LogP contribution in [0.5, 0.6) is 0 Å². The van der Waals surface area contributed by atoms with Gasteiger partial charge in [-0.2, -0.15) is 0 Å². The zero-order chi connectivity index (χ0) is 36.6. The lowest BCUT2D eigenvalue weighted by Crippen LogP contribution is -2.51. The van der Waals surface area contributed by atoms with E-state index in [-0.39, 0.29) is 18.9 Å². The molecule has 0 fully saturated rings. The largest absolute Gasteiger partial charge is 0.472 e. The number of phosphoric acid groups is 1. The normalized spacial score (nSPS) is 16.3. The predicted octanol–water partition coefficient (Wildman–Crippen LogP) is 8.04. The van der Waals surface area contributed by atoms with Gasteiger partial charge in [-0.1, -0.05) is 92.0 Å². The van der Waals surface area contributed by atoms with E-state index in [1.807, 2.05) is 40.2 Å². The third-order valence-electron chi connectivity index (χ3n) is 7.28. The first-order valence-corrected chi connectivity index (χ1v) is 19.5. The summed E-state index contributed by atoms with van der Waals surface area (Å²) in [5.74, 6) is -0.361. The average Bonchev–Trinajstić information content (AvgIpc) is 3.04. The molecule has 0 heterocycles. The summed E-state index contributed by atoms with van der Waals surface area (Å²) in [6.45, 7) is 4.13. The molecule has 9 nitrogen and oxygen atoms in total. The Labute approximate surface area is 298 Å². The minimum atomic E-state index is -4.44. The zero-order valence-electron chi connectivity index (χ0n) is 31.0. The second-order valence-electron chi connectivity index (χ2n) is 13.0. The molecular weight excluding hydrogens is 639 g/mol. The predicted molar refractivity (Wildman–Crippen MR) is 204 cm³/mol. The Morgan fingerprint density at radius 1 is 0.755 bits per heavy atom. The summed E-state index contributed by atoms with van der Waals surface area (Å²) >= 11 is 0. The van der Waals surface area contributed by atoms with Crippen molar-refractivity contribution in [3.8, 4) is 0 Å². The molecular formula is C39H68N2O7P+. The van der Waals surface area contributed by atoms with E-state index in [2.05, 4.69) is 85.2 Å². The Bertz CT molecular complexity index is 1090. The number of phosphoric ester groups is 1. The van der Waals surface area contributed by atoms with Crippen LogP contribution in [-0.4, -0.2) is 84.6 Å². The highest BCUT2D eigenvalue weighted by Gasteiger charge is 2.31. The number of nitrogens with zero attached hydrogens (tertiary/aromatic N) is 1. The van der Waals surface area contributed by atoms with E-state index >= 15 is 0 Å². The molecule has 1 amide bonds. The first-order chi connectivity index (χ1) is 23.4. The number of hydrogen-bond donors (Lipinski definition) is 4. The maximum atomic E-state index is 12.8. The number of allylic oxidation sites excluding steroid dienone is 14. The van der Waals surface area contributed by atoms with Crippen molar-refractivity contribution >= 4 is 13.7 Å². The number of aliphatic hydroxyl groups excluding tert-OH is 2. The maximum absolute atomic E-state index is 12.8. The van der Waals surface area contributed by atoms with Crippen LogP contribution in [0.25, 0.3) is 0 Å². The molecule has 0 aromatic heterocycles. The molecule has 0 aromatic rings. The minimum absolute atomic E-state index is 0.00525. The second-order valence-corrected chi connectivity index (χ2v) is 14.4. The van der Waals surface area contributed by atoms with Gasteiger partial charge in [0.15, 0.2) is 0 Å². The maximum Gasteiger partial charge on any atom is 0.472 e. The smallest absolute Gasteiger partial charge is 0.390 e. The fourth-order valence-electron chi connectivity index (χ4n) is 4.37. The van der Waals surface area contributed by atoms with E-state index in [0.717, 1.165) is 57.8 Å². The van der Waals surface area contributed by atoms with Crippen molar-refractivity contribution in [3.05, 3.63) is 85.1 Å². The summed E-state index contributed by atoms with van der Waals surface area (Å²) in [5, 5.41) is 24.4. The highest BCUT2D eigenvalue weighted by atomic mass is 31.2. The highest BCUT2D eigenvalue weighted by molar-refractivity contribution is 7.47. The first-order valence-electron chi connectivity index (χ1n) is 18.0. The first kappa shape index (κ1) is 46.6. The van der Waals surface area contributed by atoms with Crippen molar-refractivity contribution in [2.45, 2.75) is 116 Å². The van der Waals surface area contributed by atoms with Gasteiger partial charge >= 0.3 is 7.82 Å². The number of unbranched alkanes of at least 4 members (excludes halogenated alkanes) is 3. The SMILES string of the molecule is C/C=C/CC/C=C/CC/C=C/CCCC(O)C(O)C(COP(=O)(O)OCC[N+](C)(C)C)NC(=O)CC/C=C\C/C=C\C/C=C\C/C=C\CC. The van der Waals surface area contributed by atoms with Crippen LogP contribution in [0.3, 0.4) is 0 Å². The standard InChI is InChI=1S/C39H67N2O7P/c1-6-8-10-12-14-16-18-20-22-24-26-28-30-32-38(43)40-36(35-48-49(45,46)47-34-33-41(3,4)5)39(44)37(42)31-29-27-25-23-21-19-17-15-13-11-9-7-2/h7-10,14-17,20,22-23,25-26,28,36-37,39,42,44H,6,11-13,18-19,21,24,27,29-35H2,1-5H3,(H-,40,43,45,46)/p+1/b9-7+,10-8-,16-14-,17-15+,22-20-,25-23+,28-26-. The summed E-state index contributed by atoms with van der Waals surface area (Å²) < 4.78 is 23.3. The third-order valence-corrected chi connectivity index (χ3v) is 8.27. The van der Waals surface area contributed by atoms with E-state index in [0.29, 0.717) is 30.3 Å². The van der Waals surface area contributed by atoms with Crippen molar-refractivity contribution < 1.29 is 38.0 Å². The van der Waals surface area contributed by atoms with Gasteiger partial charge in [-0.05, 0) is 84.0 Å². The number of carbonyl (C=O) groups is 1. The van der Waals surface area contributed by atoms with Crippen LogP contribution < -0.4 is 5.32 Å². The Hall–Kier alpha value is -2.36. The van der Waals surface area contributed by atoms with Crippen molar-refractivity contribution in [3.63, 3.8) is 0 Å². The number of rotatable bonds is 30. The van der Waals surface area contributed by atoms with Crippen LogP contribution >= 0.6 is 7.82 Å². The molecule has 0 radical (unpaired) electrons. The number of nitrogens with one attached hydrogen (secondary N) is 1. The van der Waals surface area contributed by atoms with E-state index in [4.69, 9.17) is 9.05 Å². The van der Waals surface area contributed by atoms with Crippen molar-refractivity contribution in [2.75, 3.05) is 40.9 Å². The van der Waals surface area contributed by atoms with Gasteiger partial charge in [0.1, 0.15) is 19.3 Å². The molecule has 280 valence electrons. The lowest BCUT2D eigenvalue weighted by molar-refractivity contribution is -0.870. The Morgan fingerprint density at radius 2 is 1.27 bits per heavy atom. The highest BCUT2D eigenvalue weighted by Crippen LogP contribution is 2.43. The van der Waals surface area contributed by atoms with Gasteiger partial charge in [0.2, 0.25) is 5.91 Å². The quantitative estimate of drug-likeness (QED) is 0.0258. The number of aliphatic hydroxyl groups is 2. The molecule has 0 aliphatic heterocycles. The number of quaternary nitrogens is 1. The Morgan fingerprint density at radius 3 is 1.82 bits per heavy atom. The monoisotopic (exact) mass is 707 g/mol. The molecule has 0 saturated carbocycles. The van der Waals surface area contributed by atoms with Gasteiger partial charge in [-0.25, -0.2) is 4.57 Å².